The van der Waals surface area contributed by atoms with Crippen LogP contribution in [-0.4, -0.2) is 136 Å². The summed E-state index contributed by atoms with van der Waals surface area (Å²) in [7, 11) is 4.72. The van der Waals surface area contributed by atoms with E-state index in [2.05, 4.69) is 41.2 Å². The van der Waals surface area contributed by atoms with Gasteiger partial charge in [-0.05, 0) is 153 Å². The molecule has 3 aliphatic rings. The SMILES string of the molecule is COCC1(n2cnnc2)CC[C@@](CO[C@H](C)c2cc(C(F)(F)F)cc(C(F)(F)F)c2)(c2ccccc2)N(C(=O)OCc2ccccc2)C1.COC[C@@]1(n2cnnc2)CC[C@@](CO[C@H](C)c2cc(C(F)(F)F)cc(C(F)(F)F)c2)(c2ccccc2)NC1.COC[C@]1(n2cnnc2)CC[C@@](CO[C@H](C)c2cc(C(F)(F)F)cc(C(F)(F)F)c2)(c2ccccc2)NC1. The van der Waals surface area contributed by atoms with E-state index in [4.69, 9.17) is 33.2 Å². The third-order valence-corrected chi connectivity index (χ3v) is 23.0. The molecule has 6 heterocycles. The molecular formula is C86H90F18N12O8. The van der Waals surface area contributed by atoms with Gasteiger partial charge < -0.3 is 57.5 Å². The van der Waals surface area contributed by atoms with E-state index >= 15 is 0 Å². The quantitative estimate of drug-likeness (QED) is 0.0484. The summed E-state index contributed by atoms with van der Waals surface area (Å²) in [5, 5.41) is 30.6. The molecule has 7 aromatic carbocycles. The molecule has 668 valence electrons. The number of alkyl halides is 18. The molecule has 0 aliphatic carbocycles. The smallest absolute Gasteiger partial charge is 0.416 e. The molecule has 9 atom stereocenters. The molecule has 1 unspecified atom stereocenters. The molecule has 1 amide bonds. The number of likely N-dealkylation sites (tertiary alicyclic amines) is 1. The Labute approximate surface area is 701 Å². The molecule has 3 aliphatic heterocycles. The Kier molecular flexibility index (Phi) is 29.4. The van der Waals surface area contributed by atoms with Gasteiger partial charge in [-0.1, -0.05) is 121 Å². The van der Waals surface area contributed by atoms with Crippen LogP contribution < -0.4 is 10.6 Å². The first kappa shape index (κ1) is 94.3. The Morgan fingerprint density at radius 3 is 0.944 bits per heavy atom. The summed E-state index contributed by atoms with van der Waals surface area (Å²) in [5.74, 6) is 0. The number of hydrogen-bond donors (Lipinski definition) is 2. The van der Waals surface area contributed by atoms with Crippen molar-refractivity contribution in [2.75, 3.05) is 80.6 Å². The molecule has 0 radical (unpaired) electrons. The van der Waals surface area contributed by atoms with Crippen molar-refractivity contribution >= 4 is 6.09 Å². The van der Waals surface area contributed by atoms with Gasteiger partial charge in [0.05, 0.1) is 131 Å². The highest BCUT2D eigenvalue weighted by atomic mass is 19.4. The van der Waals surface area contributed by atoms with Crippen molar-refractivity contribution in [1.29, 1.82) is 0 Å². The van der Waals surface area contributed by atoms with Crippen molar-refractivity contribution in [3.05, 3.63) is 286 Å². The van der Waals surface area contributed by atoms with Gasteiger partial charge in [0.25, 0.3) is 0 Å². The Morgan fingerprint density at radius 1 is 0.363 bits per heavy atom. The second-order valence-corrected chi connectivity index (χ2v) is 31.1. The van der Waals surface area contributed by atoms with E-state index in [0.29, 0.717) is 100 Å². The van der Waals surface area contributed by atoms with Gasteiger partial charge in [-0.15, -0.1) is 30.6 Å². The van der Waals surface area contributed by atoms with Gasteiger partial charge >= 0.3 is 43.2 Å². The lowest BCUT2D eigenvalue weighted by atomic mass is 9.74. The minimum Gasteiger partial charge on any atom is -0.445 e. The van der Waals surface area contributed by atoms with Crippen LogP contribution in [0.3, 0.4) is 0 Å². The van der Waals surface area contributed by atoms with Crippen LogP contribution in [0.1, 0.15) is 150 Å². The molecular weight excluding hydrogens is 1670 g/mol. The largest absolute Gasteiger partial charge is 0.445 e. The predicted molar refractivity (Wildman–Crippen MR) is 413 cm³/mol. The number of hydrogen-bond acceptors (Lipinski definition) is 16. The maximum atomic E-state index is 14.2. The highest BCUT2D eigenvalue weighted by molar-refractivity contribution is 5.70. The van der Waals surface area contributed by atoms with Gasteiger partial charge in [0, 0.05) is 34.4 Å². The van der Waals surface area contributed by atoms with Crippen molar-refractivity contribution in [2.24, 2.45) is 0 Å². The lowest BCUT2D eigenvalue weighted by Gasteiger charge is -2.53. The highest BCUT2D eigenvalue weighted by Gasteiger charge is 2.54. The molecule has 3 saturated heterocycles. The molecule has 3 aromatic heterocycles. The zero-order chi connectivity index (χ0) is 89.8. The topological polar surface area (TPSA) is 201 Å². The molecule has 0 saturated carbocycles. The average molecular weight is 1760 g/mol. The van der Waals surface area contributed by atoms with Crippen LogP contribution in [0.2, 0.25) is 0 Å². The third kappa shape index (κ3) is 22.3. The highest BCUT2D eigenvalue weighted by Crippen LogP contribution is 2.49. The van der Waals surface area contributed by atoms with Crippen molar-refractivity contribution in [1.82, 2.24) is 59.8 Å². The van der Waals surface area contributed by atoms with Gasteiger partial charge in [-0.3, -0.25) is 4.90 Å². The molecule has 3 fully saturated rings. The number of halogens is 18. The standard InChI is InChI=1S/C34H34F6N4O4.2C26H28F6N4O2/c1-24(26-15-28(33(35,36)37)17-29(16-26)34(38,39)40)48-21-32(27-11-7-4-8-12-27)14-13-31(20-46-2,43-22-41-42-23-43)19-44(32)30(45)47-18-25-9-5-3-6-10-25;2*1-18(19-10-21(25(27,28)29)12-22(11-19)26(30,31)32)38-15-24(20-6-4-3-5-7-20)9-8-23(13-33-24,14-37-2)36-16-34-35-17-36/h3-12,15-17,22-24H,13-14,18-21H2,1-2H3;2*3-7,10-12,16-18,33H,8-9,13-15H2,1-2H3/t24-,31?,32-;18-,23+,24-;18-,23-,24-/m111/s1. The Hall–Kier alpha value is -10.4. The predicted octanol–water partition coefficient (Wildman–Crippen LogP) is 19.2. The number of benzene rings is 7. The van der Waals surface area contributed by atoms with Crippen LogP contribution in [0.15, 0.2) is 214 Å². The fraction of sp³-hybridized carbons (Fsp3) is 0.430. The third-order valence-electron chi connectivity index (χ3n) is 23.0. The summed E-state index contributed by atoms with van der Waals surface area (Å²) in [6.07, 6.45) is -21.3. The molecule has 0 bridgehead atoms. The number of ether oxygens (including phenoxy) is 7. The molecule has 124 heavy (non-hydrogen) atoms. The van der Waals surface area contributed by atoms with Crippen LogP contribution >= 0.6 is 0 Å². The van der Waals surface area contributed by atoms with Gasteiger partial charge in [0.1, 0.15) is 44.6 Å². The van der Waals surface area contributed by atoms with E-state index in [1.165, 1.54) is 45.4 Å². The molecule has 38 heteroatoms. The maximum absolute atomic E-state index is 14.2. The number of carbonyl (C=O) groups is 1. The normalized spacial score (nSPS) is 22.4. The second kappa shape index (κ2) is 38.6. The first-order valence-electron chi connectivity index (χ1n) is 38.9. The second-order valence-electron chi connectivity index (χ2n) is 31.1. The zero-order valence-electron chi connectivity index (χ0n) is 67.8. The van der Waals surface area contributed by atoms with E-state index in [9.17, 15) is 83.8 Å². The lowest BCUT2D eigenvalue weighted by Crippen LogP contribution is -2.63. The first-order valence-corrected chi connectivity index (χ1v) is 38.9. The number of piperidine rings is 3. The molecule has 10 aromatic rings. The summed E-state index contributed by atoms with van der Waals surface area (Å²) in [6, 6.07) is 41.2. The summed E-state index contributed by atoms with van der Waals surface area (Å²) in [5.41, 5.74) is -10.5. The van der Waals surface area contributed by atoms with Gasteiger partial charge in [-0.25, -0.2) is 4.79 Å². The van der Waals surface area contributed by atoms with Crippen molar-refractivity contribution in [3.63, 3.8) is 0 Å². The molecule has 0 spiro atoms. The van der Waals surface area contributed by atoms with E-state index in [-0.39, 0.29) is 80.9 Å². The minimum atomic E-state index is -5.02. The number of aromatic nitrogens is 9. The summed E-state index contributed by atoms with van der Waals surface area (Å²) in [4.78, 5) is 15.7. The van der Waals surface area contributed by atoms with Crippen molar-refractivity contribution < 1.29 is 117 Å². The zero-order valence-corrected chi connectivity index (χ0v) is 67.8. The van der Waals surface area contributed by atoms with Crippen LogP contribution in [0, 0.1) is 0 Å². The maximum Gasteiger partial charge on any atom is 0.416 e. The fourth-order valence-corrected chi connectivity index (χ4v) is 15.9. The van der Waals surface area contributed by atoms with E-state index in [1.807, 2.05) is 75.9 Å². The number of carbonyl (C=O) groups excluding carboxylic acids is 1. The monoisotopic (exact) mass is 1760 g/mol. The Morgan fingerprint density at radius 2 is 0.645 bits per heavy atom. The number of amides is 1. The first-order chi connectivity index (χ1) is 58.5. The summed E-state index contributed by atoms with van der Waals surface area (Å²) in [6.45, 7) is 5.81. The number of nitrogens with one attached hydrogen (secondary N) is 2. The van der Waals surface area contributed by atoms with E-state index in [0.717, 1.165) is 16.7 Å². The number of nitrogens with zero attached hydrogens (tertiary/aromatic N) is 10. The summed E-state index contributed by atoms with van der Waals surface area (Å²) < 4.78 is 289. The van der Waals surface area contributed by atoms with Crippen LogP contribution in [-0.2, 0) is 110 Å². The van der Waals surface area contributed by atoms with Crippen molar-refractivity contribution in [2.45, 2.75) is 155 Å². The number of rotatable bonds is 26. The molecule has 2 N–H and O–H groups in total. The van der Waals surface area contributed by atoms with Gasteiger partial charge in [0.2, 0.25) is 0 Å². The summed E-state index contributed by atoms with van der Waals surface area (Å²) >= 11 is 0. The van der Waals surface area contributed by atoms with Crippen LogP contribution in [0.4, 0.5) is 83.8 Å². The van der Waals surface area contributed by atoms with Gasteiger partial charge in [0.15, 0.2) is 0 Å². The minimum absolute atomic E-state index is 0.0149. The average Bonchev–Trinajstić information content (AvgIpc) is 1.30. The van der Waals surface area contributed by atoms with E-state index in [1.54, 1.807) is 98.7 Å². The Balaban J connectivity index is 0.000000183. The van der Waals surface area contributed by atoms with Crippen LogP contribution in [0.25, 0.3) is 0 Å². The molecule has 13 rings (SSSR count). The van der Waals surface area contributed by atoms with Crippen molar-refractivity contribution in [3.8, 4) is 0 Å². The van der Waals surface area contributed by atoms with Crippen LogP contribution in [0.5, 0.6) is 0 Å². The Bertz CT molecular complexity index is 4730. The van der Waals surface area contributed by atoms with E-state index < -0.39 is 128 Å². The number of methoxy groups -OCH3 is 3. The lowest BCUT2D eigenvalue weighted by molar-refractivity contribution is -0.145. The molecule has 20 nitrogen and oxygen atoms in total. The fourth-order valence-electron chi connectivity index (χ4n) is 15.9. The van der Waals surface area contributed by atoms with Gasteiger partial charge in [-0.2, -0.15) is 79.0 Å².